The molecule has 176 valence electrons. The summed E-state index contributed by atoms with van der Waals surface area (Å²) in [6.07, 6.45) is 1.47. The van der Waals surface area contributed by atoms with Crippen molar-refractivity contribution in [1.82, 2.24) is 15.6 Å². The van der Waals surface area contributed by atoms with E-state index in [1.165, 1.54) is 12.3 Å². The third-order valence-electron chi connectivity index (χ3n) is 5.57. The molecule has 5 rings (SSSR count). The molecule has 0 radical (unpaired) electrons. The Labute approximate surface area is 202 Å². The second-order valence-corrected chi connectivity index (χ2v) is 9.57. The summed E-state index contributed by atoms with van der Waals surface area (Å²) in [7, 11) is -2.46. The van der Waals surface area contributed by atoms with E-state index in [-0.39, 0.29) is 4.90 Å². The highest BCUT2D eigenvalue weighted by Crippen LogP contribution is 2.46. The first kappa shape index (κ1) is 22.4. The third-order valence-corrected chi connectivity index (χ3v) is 7.37. The van der Waals surface area contributed by atoms with E-state index in [0.29, 0.717) is 28.4 Å². The highest BCUT2D eigenvalue weighted by Gasteiger charge is 2.39. The van der Waals surface area contributed by atoms with Crippen molar-refractivity contribution in [3.63, 3.8) is 0 Å². The molecule has 1 aliphatic rings. The molecule has 0 atom stereocenters. The number of aromatic nitrogens is 2. The normalized spacial score (nSPS) is 13.8. The number of nitrogens with one attached hydrogen (secondary N) is 2. The molecule has 0 unspecified atom stereocenters. The first-order valence-electron chi connectivity index (χ1n) is 10.7. The number of carbonyl (C=O) groups excluding carboxylic acids is 1. The number of sulfonamides is 1. The number of carbonyl (C=O) groups is 1. The zero-order valence-electron chi connectivity index (χ0n) is 18.7. The molecule has 2 heterocycles. The number of hydrogen-bond acceptors (Lipinski definition) is 6. The lowest BCUT2D eigenvalue weighted by atomic mass is 10.1. The maximum absolute atomic E-state index is 13.6. The fourth-order valence-corrected chi connectivity index (χ4v) is 5.54. The molecule has 0 aliphatic carbocycles. The van der Waals surface area contributed by atoms with Gasteiger partial charge in [-0.2, -0.15) is 10.2 Å². The fourth-order valence-electron chi connectivity index (χ4n) is 3.90. The highest BCUT2D eigenvalue weighted by atomic mass is 32.2. The summed E-state index contributed by atoms with van der Waals surface area (Å²) in [4.78, 5) is 12.9. The van der Waals surface area contributed by atoms with E-state index in [1.54, 1.807) is 49.6 Å². The van der Waals surface area contributed by atoms with Crippen LogP contribution in [0.15, 0.2) is 88.9 Å². The molecular weight excluding hydrogens is 466 g/mol. The maximum Gasteiger partial charge on any atom is 0.265 e. The number of hydrogen-bond donors (Lipinski definition) is 2. The summed E-state index contributed by atoms with van der Waals surface area (Å²) < 4.78 is 33.4. The van der Waals surface area contributed by atoms with Crippen LogP contribution in [0, 0.1) is 0 Å². The number of fused-ring (bicyclic) bond motifs is 3. The Morgan fingerprint density at radius 3 is 2.51 bits per heavy atom. The third kappa shape index (κ3) is 4.15. The molecule has 0 fully saturated rings. The molecule has 1 aromatic heterocycles. The molecule has 35 heavy (non-hydrogen) atoms. The number of H-pyrrole nitrogens is 1. The Balaban J connectivity index is 1.47. The van der Waals surface area contributed by atoms with Crippen molar-refractivity contribution in [3.8, 4) is 28.3 Å². The lowest BCUT2D eigenvalue weighted by molar-refractivity contribution is -0.119. The molecule has 0 saturated carbocycles. The largest absolute Gasteiger partial charge is 0.497 e. The summed E-state index contributed by atoms with van der Waals surface area (Å²) in [5.41, 5.74) is 5.68. The van der Waals surface area contributed by atoms with Gasteiger partial charge in [0.2, 0.25) is 0 Å². The minimum absolute atomic E-state index is 0.102. The molecule has 2 N–H and O–H groups in total. The van der Waals surface area contributed by atoms with Crippen molar-refractivity contribution < 1.29 is 17.9 Å². The van der Waals surface area contributed by atoms with Crippen LogP contribution in [0.5, 0.6) is 5.75 Å². The van der Waals surface area contributed by atoms with Gasteiger partial charge in [-0.05, 0) is 35.9 Å². The first-order chi connectivity index (χ1) is 17.0. The number of ether oxygens (including phenoxy) is 1. The lowest BCUT2D eigenvalue weighted by Crippen LogP contribution is -2.41. The summed E-state index contributed by atoms with van der Waals surface area (Å²) in [6.45, 7) is -0.469. The van der Waals surface area contributed by atoms with E-state index in [0.717, 1.165) is 15.4 Å². The topological polar surface area (TPSA) is 117 Å². The van der Waals surface area contributed by atoms with Gasteiger partial charge in [0.05, 0.1) is 23.9 Å². The standard InChI is InChI=1S/C25H21N5O4S/c1-34-19-13-11-17(12-14-19)15-26-27-22(31)16-30-25-23(18-7-3-2-4-8-18)28-29-24(25)20-9-5-6-10-21(20)35(30,32)33/h2-15H,16H2,1H3,(H,27,31)(H,28,29)/b26-15+. The van der Waals surface area contributed by atoms with Crippen molar-refractivity contribution >= 4 is 27.8 Å². The number of hydrazone groups is 1. The number of rotatable bonds is 6. The predicted octanol–water partition coefficient (Wildman–Crippen LogP) is 3.41. The molecule has 4 aromatic rings. The molecule has 3 aromatic carbocycles. The smallest absolute Gasteiger partial charge is 0.265 e. The van der Waals surface area contributed by atoms with Crippen LogP contribution >= 0.6 is 0 Å². The number of methoxy groups -OCH3 is 1. The quantitative estimate of drug-likeness (QED) is 0.319. The van der Waals surface area contributed by atoms with Crippen LogP contribution in [0.25, 0.3) is 22.5 Å². The van der Waals surface area contributed by atoms with Gasteiger partial charge in [-0.15, -0.1) is 0 Å². The second kappa shape index (κ2) is 9.07. The van der Waals surface area contributed by atoms with Gasteiger partial charge in [0, 0.05) is 11.1 Å². The number of amides is 1. The summed E-state index contributed by atoms with van der Waals surface area (Å²) >= 11 is 0. The molecule has 9 nitrogen and oxygen atoms in total. The Hall–Kier alpha value is -4.44. The van der Waals surface area contributed by atoms with Crippen LogP contribution in [0.3, 0.4) is 0 Å². The molecule has 0 saturated heterocycles. The lowest BCUT2D eigenvalue weighted by Gasteiger charge is -2.29. The van der Waals surface area contributed by atoms with Gasteiger partial charge in [0.15, 0.2) is 0 Å². The Bertz CT molecular complexity index is 1500. The number of anilines is 1. The monoisotopic (exact) mass is 487 g/mol. The van der Waals surface area contributed by atoms with E-state index >= 15 is 0 Å². The van der Waals surface area contributed by atoms with Crippen molar-refractivity contribution in [2.75, 3.05) is 18.0 Å². The number of benzene rings is 3. The van der Waals surface area contributed by atoms with E-state index < -0.39 is 22.5 Å². The van der Waals surface area contributed by atoms with Crippen LogP contribution in [0.2, 0.25) is 0 Å². The van der Waals surface area contributed by atoms with Gasteiger partial charge in [-0.3, -0.25) is 14.2 Å². The first-order valence-corrected chi connectivity index (χ1v) is 12.1. The van der Waals surface area contributed by atoms with Gasteiger partial charge in [-0.25, -0.2) is 13.8 Å². The van der Waals surface area contributed by atoms with Crippen LogP contribution in [-0.4, -0.2) is 44.4 Å². The predicted molar refractivity (Wildman–Crippen MR) is 133 cm³/mol. The Morgan fingerprint density at radius 1 is 1.06 bits per heavy atom. The van der Waals surface area contributed by atoms with Crippen LogP contribution in [-0.2, 0) is 14.8 Å². The maximum atomic E-state index is 13.6. The van der Waals surface area contributed by atoms with Crippen LogP contribution in [0.1, 0.15) is 5.56 Å². The van der Waals surface area contributed by atoms with Gasteiger partial charge < -0.3 is 4.74 Å². The SMILES string of the molecule is COc1ccc(/C=N/NC(=O)CN2c3c(-c4ccccc4)n[nH]c3-c3ccccc3S2(=O)=O)cc1. The van der Waals surface area contributed by atoms with Gasteiger partial charge >= 0.3 is 0 Å². The molecular formula is C25H21N5O4S. The van der Waals surface area contributed by atoms with E-state index in [2.05, 4.69) is 20.7 Å². The number of aromatic amines is 1. The van der Waals surface area contributed by atoms with Crippen LogP contribution in [0.4, 0.5) is 5.69 Å². The molecule has 1 aliphatic heterocycles. The second-order valence-electron chi connectivity index (χ2n) is 7.74. The molecule has 0 spiro atoms. The van der Waals surface area contributed by atoms with Crippen molar-refractivity contribution in [2.24, 2.45) is 5.10 Å². The molecule has 1 amide bonds. The van der Waals surface area contributed by atoms with Gasteiger partial charge in [0.1, 0.15) is 23.7 Å². The molecule has 0 bridgehead atoms. The fraction of sp³-hybridized carbons (Fsp3) is 0.0800. The summed E-state index contributed by atoms with van der Waals surface area (Å²) in [5.74, 6) is 0.107. The minimum Gasteiger partial charge on any atom is -0.497 e. The van der Waals surface area contributed by atoms with Gasteiger partial charge in [-0.1, -0.05) is 48.5 Å². The number of nitrogens with zero attached hydrogens (tertiary/aromatic N) is 3. The highest BCUT2D eigenvalue weighted by molar-refractivity contribution is 7.93. The average molecular weight is 488 g/mol. The van der Waals surface area contributed by atoms with Crippen molar-refractivity contribution in [3.05, 3.63) is 84.4 Å². The van der Waals surface area contributed by atoms with Crippen LogP contribution < -0.4 is 14.5 Å². The Morgan fingerprint density at radius 2 is 1.77 bits per heavy atom. The Kier molecular flexibility index (Phi) is 5.79. The minimum atomic E-state index is -4.03. The van der Waals surface area contributed by atoms with Gasteiger partial charge in [0.25, 0.3) is 15.9 Å². The van der Waals surface area contributed by atoms with E-state index in [9.17, 15) is 13.2 Å². The summed E-state index contributed by atoms with van der Waals surface area (Å²) in [5, 5.41) is 11.3. The average Bonchev–Trinajstić information content (AvgIpc) is 3.33. The van der Waals surface area contributed by atoms with E-state index in [4.69, 9.17) is 4.74 Å². The van der Waals surface area contributed by atoms with E-state index in [1.807, 2.05) is 30.3 Å². The zero-order valence-corrected chi connectivity index (χ0v) is 19.5. The van der Waals surface area contributed by atoms with Crippen molar-refractivity contribution in [2.45, 2.75) is 4.90 Å². The summed E-state index contributed by atoms with van der Waals surface area (Å²) in [6, 6.07) is 23.0. The van der Waals surface area contributed by atoms with Crippen molar-refractivity contribution in [1.29, 1.82) is 0 Å². The molecule has 10 heteroatoms. The zero-order chi connectivity index (χ0) is 24.4.